The molecule has 6 heteroatoms. The summed E-state index contributed by atoms with van der Waals surface area (Å²) in [5.74, 6) is -0.00635. The third kappa shape index (κ3) is 2.19. The molecule has 2 heterocycles. The normalized spacial score (nSPS) is 11.1. The van der Waals surface area contributed by atoms with Crippen molar-refractivity contribution in [3.8, 4) is 0 Å². The van der Waals surface area contributed by atoms with Gasteiger partial charge in [-0.15, -0.1) is 0 Å². The van der Waals surface area contributed by atoms with Gasteiger partial charge in [0.15, 0.2) is 0 Å². The molecule has 0 bridgehead atoms. The van der Waals surface area contributed by atoms with Gasteiger partial charge in [0.2, 0.25) is 5.95 Å². The second-order valence-electron chi connectivity index (χ2n) is 4.13. The van der Waals surface area contributed by atoms with E-state index in [1.165, 1.54) is 6.07 Å². The van der Waals surface area contributed by atoms with E-state index >= 15 is 0 Å². The first-order valence-electron chi connectivity index (χ1n) is 5.66. The highest BCUT2D eigenvalue weighted by Crippen LogP contribution is 2.25. The molecule has 0 unspecified atom stereocenters. The largest absolute Gasteiger partial charge is 0.369 e. The first-order valence-corrected chi connectivity index (χ1v) is 6.45. The lowest BCUT2D eigenvalue weighted by molar-refractivity contribution is 0.622. The summed E-state index contributed by atoms with van der Waals surface area (Å²) in [7, 11) is 0. The number of benzene rings is 1. The highest BCUT2D eigenvalue weighted by molar-refractivity contribution is 9.10. The van der Waals surface area contributed by atoms with Crippen LogP contribution in [0.5, 0.6) is 0 Å². The molecular weight excluding hydrogens is 311 g/mol. The molecule has 0 amide bonds. The third-order valence-corrected chi connectivity index (χ3v) is 3.47. The molecule has 2 aromatic heterocycles. The highest BCUT2D eigenvalue weighted by Gasteiger charge is 2.12. The molecule has 0 saturated heterocycles. The Morgan fingerprint density at radius 1 is 1.32 bits per heavy atom. The molecule has 4 nitrogen and oxygen atoms in total. The van der Waals surface area contributed by atoms with Crippen LogP contribution in [-0.4, -0.2) is 14.5 Å². The minimum Gasteiger partial charge on any atom is -0.369 e. The minimum absolute atomic E-state index is 0.346. The van der Waals surface area contributed by atoms with Gasteiger partial charge in [0.05, 0.1) is 27.7 Å². The lowest BCUT2D eigenvalue weighted by atomic mass is 10.3. The number of aromatic nitrogens is 3. The summed E-state index contributed by atoms with van der Waals surface area (Å²) < 4.78 is 15.7. The fourth-order valence-electron chi connectivity index (χ4n) is 1.96. The molecule has 0 aliphatic heterocycles. The zero-order valence-electron chi connectivity index (χ0n) is 9.85. The fraction of sp³-hybridized carbons (Fsp3) is 0.0769. The van der Waals surface area contributed by atoms with E-state index in [9.17, 15) is 4.39 Å². The summed E-state index contributed by atoms with van der Waals surface area (Å²) in [5.41, 5.74) is 8.07. The van der Waals surface area contributed by atoms with Crippen molar-refractivity contribution in [2.45, 2.75) is 6.54 Å². The highest BCUT2D eigenvalue weighted by atomic mass is 79.9. The van der Waals surface area contributed by atoms with Gasteiger partial charge in [0.1, 0.15) is 5.82 Å². The molecule has 0 aliphatic carbocycles. The van der Waals surface area contributed by atoms with Crippen molar-refractivity contribution < 1.29 is 4.39 Å². The maximum Gasteiger partial charge on any atom is 0.201 e. The van der Waals surface area contributed by atoms with Gasteiger partial charge in [-0.2, -0.15) is 0 Å². The predicted octanol–water partition coefficient (Wildman–Crippen LogP) is 2.96. The Labute approximate surface area is 117 Å². The first kappa shape index (κ1) is 12.1. The van der Waals surface area contributed by atoms with Crippen LogP contribution in [0.3, 0.4) is 0 Å². The summed E-state index contributed by atoms with van der Waals surface area (Å²) in [6, 6.07) is 8.71. The molecule has 0 fully saturated rings. The molecular formula is C13H10BrFN4. The standard InChI is InChI=1S/C13H10BrFN4/c14-9-5-12-11(6-10(9)15)18-13(16)19(12)7-8-3-1-2-4-17-8/h1-6H,7H2,(H2,16,18). The van der Waals surface area contributed by atoms with E-state index < -0.39 is 0 Å². The van der Waals surface area contributed by atoms with E-state index in [2.05, 4.69) is 25.9 Å². The number of hydrogen-bond acceptors (Lipinski definition) is 3. The molecule has 0 saturated carbocycles. The van der Waals surface area contributed by atoms with E-state index in [-0.39, 0.29) is 5.82 Å². The Kier molecular flexibility index (Phi) is 2.94. The quantitative estimate of drug-likeness (QED) is 0.789. The Bertz CT molecular complexity index is 739. The van der Waals surface area contributed by atoms with Gasteiger partial charge in [0.25, 0.3) is 0 Å². The summed E-state index contributed by atoms with van der Waals surface area (Å²) >= 11 is 3.17. The summed E-state index contributed by atoms with van der Waals surface area (Å²) in [4.78, 5) is 8.41. The van der Waals surface area contributed by atoms with Crippen LogP contribution in [0.1, 0.15) is 5.69 Å². The Hall–Kier alpha value is -1.95. The lowest BCUT2D eigenvalue weighted by Gasteiger charge is -2.06. The summed E-state index contributed by atoms with van der Waals surface area (Å²) in [5, 5.41) is 0. The number of pyridine rings is 1. The number of nitrogens with two attached hydrogens (primary N) is 1. The van der Waals surface area contributed by atoms with E-state index in [1.807, 2.05) is 22.8 Å². The van der Waals surface area contributed by atoms with Crippen LogP contribution >= 0.6 is 15.9 Å². The Morgan fingerprint density at radius 2 is 2.16 bits per heavy atom. The maximum atomic E-state index is 13.5. The zero-order valence-corrected chi connectivity index (χ0v) is 11.4. The van der Waals surface area contributed by atoms with Crippen LogP contribution in [0.25, 0.3) is 11.0 Å². The minimum atomic E-state index is -0.352. The van der Waals surface area contributed by atoms with Crippen LogP contribution in [0.15, 0.2) is 41.0 Å². The lowest BCUT2D eigenvalue weighted by Crippen LogP contribution is -2.05. The van der Waals surface area contributed by atoms with Gasteiger partial charge in [-0.05, 0) is 34.1 Å². The smallest absolute Gasteiger partial charge is 0.201 e. The topological polar surface area (TPSA) is 56.7 Å². The van der Waals surface area contributed by atoms with Crippen LogP contribution in [0.4, 0.5) is 10.3 Å². The number of hydrogen-bond donors (Lipinski definition) is 1. The number of nitrogens with zero attached hydrogens (tertiary/aromatic N) is 3. The third-order valence-electron chi connectivity index (χ3n) is 2.87. The number of anilines is 1. The first-order chi connectivity index (χ1) is 9.15. The molecule has 96 valence electrons. The van der Waals surface area contributed by atoms with Gasteiger partial charge >= 0.3 is 0 Å². The van der Waals surface area contributed by atoms with Crippen LogP contribution in [-0.2, 0) is 6.54 Å². The van der Waals surface area contributed by atoms with Gasteiger partial charge in [-0.3, -0.25) is 4.98 Å². The Morgan fingerprint density at radius 3 is 2.89 bits per heavy atom. The van der Waals surface area contributed by atoms with Crippen molar-refractivity contribution in [1.82, 2.24) is 14.5 Å². The number of imidazole rings is 1. The second kappa shape index (κ2) is 4.62. The molecule has 0 atom stereocenters. The van der Waals surface area contributed by atoms with Crippen molar-refractivity contribution in [3.05, 3.63) is 52.5 Å². The second-order valence-corrected chi connectivity index (χ2v) is 4.99. The maximum absolute atomic E-state index is 13.5. The molecule has 19 heavy (non-hydrogen) atoms. The molecule has 0 spiro atoms. The average molecular weight is 321 g/mol. The monoisotopic (exact) mass is 320 g/mol. The van der Waals surface area contributed by atoms with E-state index in [0.717, 1.165) is 11.2 Å². The molecule has 2 N–H and O–H groups in total. The van der Waals surface area contributed by atoms with Gasteiger partial charge in [-0.25, -0.2) is 9.37 Å². The van der Waals surface area contributed by atoms with Gasteiger partial charge in [-0.1, -0.05) is 6.07 Å². The number of rotatable bonds is 2. The number of nitrogen functional groups attached to an aromatic ring is 1. The van der Waals surface area contributed by atoms with Gasteiger partial charge in [0, 0.05) is 12.3 Å². The fourth-order valence-corrected chi connectivity index (χ4v) is 2.29. The van der Waals surface area contributed by atoms with Crippen molar-refractivity contribution in [3.63, 3.8) is 0 Å². The molecule has 0 radical (unpaired) electrons. The zero-order chi connectivity index (χ0) is 13.4. The van der Waals surface area contributed by atoms with E-state index in [1.54, 1.807) is 12.3 Å². The molecule has 0 aliphatic rings. The number of halogens is 2. The van der Waals surface area contributed by atoms with E-state index in [0.29, 0.717) is 22.5 Å². The SMILES string of the molecule is Nc1nc2cc(F)c(Br)cc2n1Cc1ccccn1. The summed E-state index contributed by atoms with van der Waals surface area (Å²) in [6.07, 6.45) is 1.72. The molecule has 1 aromatic carbocycles. The van der Waals surface area contributed by atoms with Crippen LogP contribution in [0, 0.1) is 5.82 Å². The van der Waals surface area contributed by atoms with Gasteiger partial charge < -0.3 is 10.3 Å². The number of fused-ring (bicyclic) bond motifs is 1. The molecule has 3 aromatic rings. The van der Waals surface area contributed by atoms with Crippen molar-refractivity contribution >= 4 is 32.9 Å². The van der Waals surface area contributed by atoms with Crippen LogP contribution in [0.2, 0.25) is 0 Å². The summed E-state index contributed by atoms with van der Waals surface area (Å²) in [6.45, 7) is 0.501. The van der Waals surface area contributed by atoms with Crippen molar-refractivity contribution in [2.24, 2.45) is 0 Å². The average Bonchev–Trinajstić information content (AvgIpc) is 2.68. The van der Waals surface area contributed by atoms with Crippen molar-refractivity contribution in [1.29, 1.82) is 0 Å². The van der Waals surface area contributed by atoms with Crippen LogP contribution < -0.4 is 5.73 Å². The molecule has 3 rings (SSSR count). The predicted molar refractivity (Wildman–Crippen MR) is 75.1 cm³/mol. The van der Waals surface area contributed by atoms with E-state index in [4.69, 9.17) is 5.73 Å². The van der Waals surface area contributed by atoms with Crippen molar-refractivity contribution in [2.75, 3.05) is 5.73 Å². The Balaban J connectivity index is 2.13.